The second-order valence-corrected chi connectivity index (χ2v) is 2.94. The minimum Gasteiger partial charge on any atom is -0.289 e. The van der Waals surface area contributed by atoms with Crippen LogP contribution in [0.5, 0.6) is 0 Å². The van der Waals surface area contributed by atoms with Crippen LogP contribution in [0.1, 0.15) is 0 Å². The summed E-state index contributed by atoms with van der Waals surface area (Å²) in [7, 11) is 0. The van der Waals surface area contributed by atoms with Crippen molar-refractivity contribution in [3.63, 3.8) is 0 Å². The monoisotopic (exact) mass is 167 g/mol. The van der Waals surface area contributed by atoms with Crippen LogP contribution in [-0.4, -0.2) is 15.2 Å². The normalized spacial score (nSPS) is 10.3. The highest BCUT2D eigenvalue weighted by Gasteiger charge is 2.00. The van der Waals surface area contributed by atoms with Crippen LogP contribution in [0.4, 0.5) is 5.13 Å². The highest BCUT2D eigenvalue weighted by molar-refractivity contribution is 7.21. The minimum atomic E-state index is 0.471. The maximum absolute atomic E-state index is 8.51. The van der Waals surface area contributed by atoms with Gasteiger partial charge in [-0.15, -0.1) is 0 Å². The van der Waals surface area contributed by atoms with Crippen LogP contribution in [0.25, 0.3) is 10.3 Å². The fourth-order valence-corrected chi connectivity index (χ4v) is 1.52. The van der Waals surface area contributed by atoms with Gasteiger partial charge in [-0.2, -0.15) is 0 Å². The van der Waals surface area contributed by atoms with E-state index in [1.54, 1.807) is 6.20 Å². The molecular formula is C6H5N3OS. The van der Waals surface area contributed by atoms with Gasteiger partial charge in [-0.1, -0.05) is 11.3 Å². The summed E-state index contributed by atoms with van der Waals surface area (Å²) in [4.78, 5) is 8.90. The number of thiazole rings is 1. The standard InChI is InChI=1S/C6H5N3OS/c10-9-6-8-4-2-1-3-7-5(4)11-6/h1-3,10H,(H,8,9). The molecule has 0 aromatic carbocycles. The molecule has 2 aromatic rings. The number of anilines is 1. The first kappa shape index (κ1) is 6.51. The van der Waals surface area contributed by atoms with E-state index in [1.807, 2.05) is 17.6 Å². The lowest BCUT2D eigenvalue weighted by molar-refractivity contribution is 0.388. The third-order valence-electron chi connectivity index (χ3n) is 1.26. The second kappa shape index (κ2) is 2.44. The van der Waals surface area contributed by atoms with E-state index < -0.39 is 0 Å². The number of rotatable bonds is 1. The molecule has 5 heteroatoms. The van der Waals surface area contributed by atoms with E-state index >= 15 is 0 Å². The SMILES string of the molecule is ONc1nc2cccnc2s1. The number of aromatic nitrogens is 2. The van der Waals surface area contributed by atoms with Crippen LogP contribution in [0, 0.1) is 0 Å². The minimum absolute atomic E-state index is 0.471. The summed E-state index contributed by atoms with van der Waals surface area (Å²) >= 11 is 1.31. The molecule has 0 saturated carbocycles. The van der Waals surface area contributed by atoms with E-state index in [1.165, 1.54) is 11.3 Å². The van der Waals surface area contributed by atoms with E-state index in [0.29, 0.717) is 5.13 Å². The Morgan fingerprint density at radius 3 is 3.18 bits per heavy atom. The average molecular weight is 167 g/mol. The zero-order chi connectivity index (χ0) is 7.68. The summed E-state index contributed by atoms with van der Waals surface area (Å²) in [5, 5.41) is 8.98. The fourth-order valence-electron chi connectivity index (χ4n) is 0.818. The zero-order valence-electron chi connectivity index (χ0n) is 5.48. The Hall–Kier alpha value is -1.20. The molecule has 0 atom stereocenters. The smallest absolute Gasteiger partial charge is 0.209 e. The number of fused-ring (bicyclic) bond motifs is 1. The van der Waals surface area contributed by atoms with Crippen LogP contribution < -0.4 is 5.48 Å². The van der Waals surface area contributed by atoms with E-state index in [4.69, 9.17) is 5.21 Å². The summed E-state index contributed by atoms with van der Waals surface area (Å²) in [6.07, 6.45) is 1.70. The Morgan fingerprint density at radius 1 is 1.55 bits per heavy atom. The maximum atomic E-state index is 8.51. The van der Waals surface area contributed by atoms with Gasteiger partial charge in [0.2, 0.25) is 5.13 Å². The van der Waals surface area contributed by atoms with Crippen LogP contribution in [0.2, 0.25) is 0 Å². The van der Waals surface area contributed by atoms with Crippen LogP contribution in [-0.2, 0) is 0 Å². The molecule has 0 bridgehead atoms. The van der Waals surface area contributed by atoms with Crippen molar-refractivity contribution in [2.45, 2.75) is 0 Å². The summed E-state index contributed by atoms with van der Waals surface area (Å²) in [6.45, 7) is 0. The van der Waals surface area contributed by atoms with Crippen LogP contribution in [0.15, 0.2) is 18.3 Å². The largest absolute Gasteiger partial charge is 0.289 e. The highest BCUT2D eigenvalue weighted by atomic mass is 32.1. The zero-order valence-corrected chi connectivity index (χ0v) is 6.30. The van der Waals surface area contributed by atoms with Crippen molar-refractivity contribution >= 4 is 26.8 Å². The maximum Gasteiger partial charge on any atom is 0.209 e. The molecule has 0 radical (unpaired) electrons. The lowest BCUT2D eigenvalue weighted by Gasteiger charge is -1.83. The van der Waals surface area contributed by atoms with E-state index in [9.17, 15) is 0 Å². The molecule has 0 aliphatic rings. The number of hydrogen-bond donors (Lipinski definition) is 2. The van der Waals surface area contributed by atoms with Gasteiger partial charge in [-0.3, -0.25) is 5.21 Å². The van der Waals surface area contributed by atoms with Crippen molar-refractivity contribution in [3.05, 3.63) is 18.3 Å². The van der Waals surface area contributed by atoms with Crippen molar-refractivity contribution in [1.29, 1.82) is 0 Å². The van der Waals surface area contributed by atoms with Gasteiger partial charge < -0.3 is 0 Å². The molecular weight excluding hydrogens is 162 g/mol. The molecule has 0 spiro atoms. The molecule has 2 rings (SSSR count). The molecule has 0 fully saturated rings. The van der Waals surface area contributed by atoms with Gasteiger partial charge in [0.15, 0.2) is 0 Å². The Morgan fingerprint density at radius 2 is 2.45 bits per heavy atom. The number of nitrogens with one attached hydrogen (secondary N) is 1. The Labute approximate surface area is 66.5 Å². The average Bonchev–Trinajstić information content (AvgIpc) is 2.46. The predicted molar refractivity (Wildman–Crippen MR) is 42.8 cm³/mol. The second-order valence-electron chi connectivity index (χ2n) is 1.96. The fraction of sp³-hybridized carbons (Fsp3) is 0. The van der Waals surface area contributed by atoms with Gasteiger partial charge in [0.25, 0.3) is 0 Å². The van der Waals surface area contributed by atoms with Gasteiger partial charge in [0.05, 0.1) is 0 Å². The molecule has 11 heavy (non-hydrogen) atoms. The Kier molecular flexibility index (Phi) is 1.45. The quantitative estimate of drug-likeness (QED) is 0.632. The first-order valence-electron chi connectivity index (χ1n) is 3.02. The summed E-state index contributed by atoms with van der Waals surface area (Å²) in [5.74, 6) is 0. The summed E-state index contributed by atoms with van der Waals surface area (Å²) in [5.41, 5.74) is 2.78. The molecule has 0 unspecified atom stereocenters. The van der Waals surface area contributed by atoms with Crippen molar-refractivity contribution in [3.8, 4) is 0 Å². The van der Waals surface area contributed by atoms with Crippen LogP contribution in [0.3, 0.4) is 0 Å². The molecule has 0 amide bonds. The van der Waals surface area contributed by atoms with Crippen molar-refractivity contribution in [2.24, 2.45) is 0 Å². The molecule has 0 aliphatic heterocycles. The van der Waals surface area contributed by atoms with Gasteiger partial charge in [-0.25, -0.2) is 15.4 Å². The Bertz CT molecular complexity index is 340. The third-order valence-corrected chi connectivity index (χ3v) is 2.15. The molecule has 56 valence electrons. The topological polar surface area (TPSA) is 58.0 Å². The Balaban J connectivity index is 2.69. The van der Waals surface area contributed by atoms with E-state index in [0.717, 1.165) is 10.3 Å². The van der Waals surface area contributed by atoms with Crippen molar-refractivity contribution in [2.75, 3.05) is 5.48 Å². The van der Waals surface area contributed by atoms with Gasteiger partial charge in [0, 0.05) is 6.20 Å². The molecule has 0 saturated heterocycles. The highest BCUT2D eigenvalue weighted by Crippen LogP contribution is 2.22. The summed E-state index contributed by atoms with van der Waals surface area (Å²) < 4.78 is 0. The van der Waals surface area contributed by atoms with Gasteiger partial charge in [0.1, 0.15) is 10.3 Å². The first-order chi connectivity index (χ1) is 5.40. The van der Waals surface area contributed by atoms with Crippen LogP contribution >= 0.6 is 11.3 Å². The van der Waals surface area contributed by atoms with Crippen molar-refractivity contribution in [1.82, 2.24) is 9.97 Å². The predicted octanol–water partition coefficient (Wildman–Crippen LogP) is 1.49. The van der Waals surface area contributed by atoms with Crippen molar-refractivity contribution < 1.29 is 5.21 Å². The lowest BCUT2D eigenvalue weighted by atomic mass is 10.5. The molecule has 2 heterocycles. The lowest BCUT2D eigenvalue weighted by Crippen LogP contribution is -1.85. The number of pyridine rings is 1. The van der Waals surface area contributed by atoms with E-state index in [2.05, 4.69) is 9.97 Å². The molecule has 0 aliphatic carbocycles. The third kappa shape index (κ3) is 1.04. The van der Waals surface area contributed by atoms with E-state index in [-0.39, 0.29) is 0 Å². The van der Waals surface area contributed by atoms with Gasteiger partial charge >= 0.3 is 0 Å². The van der Waals surface area contributed by atoms with Gasteiger partial charge in [-0.05, 0) is 12.1 Å². The number of hydrogen-bond acceptors (Lipinski definition) is 5. The molecule has 2 aromatic heterocycles. The first-order valence-corrected chi connectivity index (χ1v) is 3.83. The molecule has 4 nitrogen and oxygen atoms in total. The number of nitrogens with zero attached hydrogens (tertiary/aromatic N) is 2. The summed E-state index contributed by atoms with van der Waals surface area (Å²) in [6, 6.07) is 3.66. The molecule has 2 N–H and O–H groups in total.